The lowest BCUT2D eigenvalue weighted by Crippen LogP contribution is -2.43. The second-order valence-corrected chi connectivity index (χ2v) is 6.29. The third kappa shape index (κ3) is 4.50. The van der Waals surface area contributed by atoms with E-state index >= 15 is 0 Å². The fourth-order valence-corrected chi connectivity index (χ4v) is 2.72. The van der Waals surface area contributed by atoms with Gasteiger partial charge in [-0.05, 0) is 19.9 Å². The van der Waals surface area contributed by atoms with Gasteiger partial charge in [0.2, 0.25) is 0 Å². The van der Waals surface area contributed by atoms with Gasteiger partial charge >= 0.3 is 12.0 Å². The summed E-state index contributed by atoms with van der Waals surface area (Å²) >= 11 is 5.91. The van der Waals surface area contributed by atoms with Gasteiger partial charge in [-0.2, -0.15) is 0 Å². The summed E-state index contributed by atoms with van der Waals surface area (Å²) in [6, 6.07) is 0.384. The van der Waals surface area contributed by atoms with Crippen LogP contribution >= 0.6 is 11.6 Å². The van der Waals surface area contributed by atoms with Crippen molar-refractivity contribution in [2.75, 3.05) is 19.0 Å². The summed E-state index contributed by atoms with van der Waals surface area (Å²) in [7, 11) is 1.15. The highest BCUT2D eigenvalue weighted by Gasteiger charge is 2.40. The van der Waals surface area contributed by atoms with Crippen LogP contribution in [0.15, 0.2) is 12.1 Å². The first-order chi connectivity index (χ1) is 11.7. The average Bonchev–Trinajstić information content (AvgIpc) is 2.92. The fourth-order valence-electron chi connectivity index (χ4n) is 2.52. The Balaban J connectivity index is 2.20. The van der Waals surface area contributed by atoms with E-state index in [-0.39, 0.29) is 35.5 Å². The minimum absolute atomic E-state index is 0.0571. The molecule has 1 aromatic rings. The molecule has 1 fully saturated rings. The molecule has 0 spiro atoms. The lowest BCUT2D eigenvalue weighted by Gasteiger charge is -2.23. The molecular weight excluding hydrogens is 358 g/mol. The topological polar surface area (TPSA) is 67.9 Å². The molecule has 0 aliphatic carbocycles. The highest BCUT2D eigenvalue weighted by Crippen LogP contribution is 2.32. The van der Waals surface area contributed by atoms with Gasteiger partial charge in [-0.15, -0.1) is 0 Å². The Labute approximate surface area is 149 Å². The Bertz CT molecular complexity index is 672. The number of urea groups is 1. The van der Waals surface area contributed by atoms with Crippen LogP contribution in [-0.4, -0.2) is 48.9 Å². The summed E-state index contributed by atoms with van der Waals surface area (Å²) in [6.45, 7) is 3.26. The van der Waals surface area contributed by atoms with E-state index in [2.05, 4.69) is 10.1 Å². The molecule has 0 radical (unpaired) electrons. The van der Waals surface area contributed by atoms with E-state index in [1.54, 1.807) is 13.8 Å². The number of esters is 1. The zero-order valence-electron chi connectivity index (χ0n) is 14.0. The van der Waals surface area contributed by atoms with Crippen molar-refractivity contribution in [3.8, 4) is 5.75 Å². The number of carbonyl (C=O) groups is 2. The number of methoxy groups -OCH3 is 1. The lowest BCUT2D eigenvalue weighted by atomic mass is 10.2. The molecule has 25 heavy (non-hydrogen) atoms. The zero-order valence-corrected chi connectivity index (χ0v) is 14.8. The molecule has 1 heterocycles. The molecule has 0 saturated carbocycles. The third-order valence-corrected chi connectivity index (χ3v) is 3.91. The van der Waals surface area contributed by atoms with Crippen LogP contribution in [0.3, 0.4) is 0 Å². The van der Waals surface area contributed by atoms with Crippen LogP contribution < -0.4 is 10.1 Å². The molecule has 1 N–H and O–H groups in total. The second kappa shape index (κ2) is 7.86. The molecular formula is C16H19ClF2N2O4. The van der Waals surface area contributed by atoms with Crippen LogP contribution in [0, 0.1) is 5.82 Å². The van der Waals surface area contributed by atoms with Crippen molar-refractivity contribution in [3.05, 3.63) is 23.0 Å². The summed E-state index contributed by atoms with van der Waals surface area (Å²) in [4.78, 5) is 25.0. The van der Waals surface area contributed by atoms with Gasteiger partial charge in [0.25, 0.3) is 0 Å². The molecule has 6 nitrogen and oxygen atoms in total. The van der Waals surface area contributed by atoms with Gasteiger partial charge in [-0.1, -0.05) is 11.6 Å². The lowest BCUT2D eigenvalue weighted by molar-refractivity contribution is -0.144. The summed E-state index contributed by atoms with van der Waals surface area (Å²) in [5.41, 5.74) is -0.184. The first-order valence-corrected chi connectivity index (χ1v) is 8.06. The van der Waals surface area contributed by atoms with Crippen molar-refractivity contribution in [3.63, 3.8) is 0 Å². The summed E-state index contributed by atoms with van der Waals surface area (Å²) in [5.74, 6) is -1.31. The monoisotopic (exact) mass is 376 g/mol. The van der Waals surface area contributed by atoms with E-state index in [0.29, 0.717) is 0 Å². The number of hydrogen-bond donors (Lipinski definition) is 1. The van der Waals surface area contributed by atoms with Gasteiger partial charge in [0.1, 0.15) is 23.8 Å². The minimum Gasteiger partial charge on any atom is -0.489 e. The molecule has 0 aromatic heterocycles. The normalized spacial score (nSPS) is 19.9. The number of amides is 2. The van der Waals surface area contributed by atoms with Crippen molar-refractivity contribution in [1.82, 2.24) is 4.90 Å². The maximum atomic E-state index is 14.1. The highest BCUT2D eigenvalue weighted by atomic mass is 35.5. The average molecular weight is 377 g/mol. The van der Waals surface area contributed by atoms with Crippen LogP contribution in [0.25, 0.3) is 0 Å². The van der Waals surface area contributed by atoms with Crippen LogP contribution in [0.4, 0.5) is 19.3 Å². The van der Waals surface area contributed by atoms with E-state index in [1.165, 1.54) is 6.07 Å². The zero-order chi connectivity index (χ0) is 18.7. The van der Waals surface area contributed by atoms with Gasteiger partial charge < -0.3 is 19.7 Å². The molecule has 2 amide bonds. The SMILES string of the molecule is COC(=O)[C@@H]1C[C@H](F)CN1C(=O)Nc1cc(OC(C)C)c(Cl)cc1F. The van der Waals surface area contributed by atoms with Crippen molar-refractivity contribution >= 4 is 29.3 Å². The maximum Gasteiger partial charge on any atom is 0.328 e. The standard InChI is InChI=1S/C16H19ClF2N2O4/c1-8(2)25-14-6-12(11(19)5-10(14)17)20-16(23)21-7-9(18)4-13(21)15(22)24-3/h5-6,8-9,13H,4,7H2,1-3H3,(H,20,23)/t9-,13-/m0/s1. The largest absolute Gasteiger partial charge is 0.489 e. The summed E-state index contributed by atoms with van der Waals surface area (Å²) < 4.78 is 37.7. The maximum absolute atomic E-state index is 14.1. The third-order valence-electron chi connectivity index (χ3n) is 3.61. The molecule has 0 bridgehead atoms. The fraction of sp³-hybridized carbons (Fsp3) is 0.500. The Kier molecular flexibility index (Phi) is 6.05. The molecule has 2 rings (SSSR count). The highest BCUT2D eigenvalue weighted by molar-refractivity contribution is 6.32. The van der Waals surface area contributed by atoms with E-state index in [4.69, 9.17) is 16.3 Å². The number of benzene rings is 1. The Morgan fingerprint density at radius 1 is 1.40 bits per heavy atom. The number of ether oxygens (including phenoxy) is 2. The molecule has 1 aliphatic rings. The minimum atomic E-state index is -1.36. The van der Waals surface area contributed by atoms with E-state index < -0.39 is 30.0 Å². The van der Waals surface area contributed by atoms with E-state index in [0.717, 1.165) is 18.1 Å². The quantitative estimate of drug-likeness (QED) is 0.818. The number of hydrogen-bond acceptors (Lipinski definition) is 4. The van der Waals surface area contributed by atoms with Crippen molar-refractivity contribution in [1.29, 1.82) is 0 Å². The number of nitrogens with zero attached hydrogens (tertiary/aromatic N) is 1. The molecule has 1 aromatic carbocycles. The number of nitrogens with one attached hydrogen (secondary N) is 1. The van der Waals surface area contributed by atoms with Gasteiger partial charge in [-0.3, -0.25) is 0 Å². The van der Waals surface area contributed by atoms with Gasteiger partial charge in [0.15, 0.2) is 0 Å². The molecule has 1 aliphatic heterocycles. The smallest absolute Gasteiger partial charge is 0.328 e. The molecule has 9 heteroatoms. The number of carbonyl (C=O) groups excluding carboxylic acids is 2. The van der Waals surface area contributed by atoms with E-state index in [9.17, 15) is 18.4 Å². The van der Waals surface area contributed by atoms with Crippen LogP contribution in [0.1, 0.15) is 20.3 Å². The predicted octanol–water partition coefficient (Wildman–Crippen LogP) is 3.38. The first-order valence-electron chi connectivity index (χ1n) is 7.68. The number of likely N-dealkylation sites (tertiary alicyclic amines) is 1. The Hall–Kier alpha value is -2.09. The van der Waals surface area contributed by atoms with E-state index in [1.807, 2.05) is 0 Å². The van der Waals surface area contributed by atoms with Crippen LogP contribution in [0.2, 0.25) is 5.02 Å². The molecule has 2 atom stereocenters. The summed E-state index contributed by atoms with van der Waals surface area (Å²) in [6.07, 6.45) is -1.73. The Morgan fingerprint density at radius 3 is 2.68 bits per heavy atom. The second-order valence-electron chi connectivity index (χ2n) is 5.88. The van der Waals surface area contributed by atoms with Crippen molar-refractivity contribution in [2.24, 2.45) is 0 Å². The molecule has 0 unspecified atom stereocenters. The van der Waals surface area contributed by atoms with Crippen LogP contribution in [0.5, 0.6) is 5.75 Å². The number of rotatable bonds is 4. The number of halogens is 3. The predicted molar refractivity (Wildman–Crippen MR) is 88.2 cm³/mol. The number of anilines is 1. The Morgan fingerprint density at radius 2 is 2.08 bits per heavy atom. The summed E-state index contributed by atoms with van der Waals surface area (Å²) in [5, 5.41) is 2.38. The van der Waals surface area contributed by atoms with Crippen molar-refractivity contribution < 1.29 is 27.8 Å². The van der Waals surface area contributed by atoms with Gasteiger partial charge in [-0.25, -0.2) is 18.4 Å². The first kappa shape index (κ1) is 19.2. The number of alkyl halides is 1. The van der Waals surface area contributed by atoms with Gasteiger partial charge in [0, 0.05) is 12.5 Å². The molecule has 1 saturated heterocycles. The van der Waals surface area contributed by atoms with Gasteiger partial charge in [0.05, 0.1) is 30.5 Å². The molecule has 138 valence electrons. The van der Waals surface area contributed by atoms with Crippen LogP contribution in [-0.2, 0) is 9.53 Å². The van der Waals surface area contributed by atoms with Crippen molar-refractivity contribution in [2.45, 2.75) is 38.6 Å².